The number of hydrogen-bond donors (Lipinski definition) is 3. The summed E-state index contributed by atoms with van der Waals surface area (Å²) in [5.41, 5.74) is 2.02. The number of hydrogen-bond acceptors (Lipinski definition) is 5. The van der Waals surface area contributed by atoms with Crippen molar-refractivity contribution in [3.05, 3.63) is 70.5 Å². The second-order valence-corrected chi connectivity index (χ2v) is 7.38. The normalized spacial score (nSPS) is 10.4. The van der Waals surface area contributed by atoms with Crippen molar-refractivity contribution in [2.75, 3.05) is 24.3 Å². The molecule has 0 aliphatic heterocycles. The van der Waals surface area contributed by atoms with Crippen molar-refractivity contribution in [2.45, 2.75) is 13.3 Å². The fourth-order valence-corrected chi connectivity index (χ4v) is 3.56. The van der Waals surface area contributed by atoms with E-state index >= 15 is 0 Å². The van der Waals surface area contributed by atoms with Crippen molar-refractivity contribution < 1.29 is 18.7 Å². The van der Waals surface area contributed by atoms with Gasteiger partial charge in [0, 0.05) is 12.2 Å². The first kappa shape index (κ1) is 21.3. The minimum atomic E-state index is -0.527. The van der Waals surface area contributed by atoms with E-state index in [4.69, 9.17) is 4.74 Å². The van der Waals surface area contributed by atoms with E-state index in [2.05, 4.69) is 20.9 Å². The van der Waals surface area contributed by atoms with Gasteiger partial charge in [0.2, 0.25) is 0 Å². The molecule has 3 aromatic rings. The summed E-state index contributed by atoms with van der Waals surface area (Å²) in [7, 11) is 1.61. The van der Waals surface area contributed by atoms with E-state index in [1.54, 1.807) is 14.0 Å². The summed E-state index contributed by atoms with van der Waals surface area (Å²) in [6.45, 7) is 2.16. The smallest absolute Gasteiger partial charge is 0.325 e. The molecule has 1 heterocycles. The topological polar surface area (TPSA) is 92.4 Å². The number of benzene rings is 2. The summed E-state index contributed by atoms with van der Waals surface area (Å²) in [5, 5.41) is 8.32. The molecule has 3 N–H and O–H groups in total. The molecule has 2 aromatic carbocycles. The van der Waals surface area contributed by atoms with Gasteiger partial charge in [-0.05, 0) is 55.3 Å². The van der Waals surface area contributed by atoms with Gasteiger partial charge in [0.05, 0.1) is 12.8 Å². The number of anilines is 2. The van der Waals surface area contributed by atoms with E-state index in [1.165, 1.54) is 24.3 Å². The Morgan fingerprint density at radius 3 is 2.63 bits per heavy atom. The van der Waals surface area contributed by atoms with E-state index in [9.17, 15) is 14.0 Å². The number of thiazole rings is 1. The van der Waals surface area contributed by atoms with Crippen LogP contribution in [-0.2, 0) is 6.42 Å². The molecule has 0 atom stereocenters. The molecule has 0 saturated heterocycles. The number of nitrogens with one attached hydrogen (secondary N) is 3. The zero-order valence-corrected chi connectivity index (χ0v) is 17.3. The van der Waals surface area contributed by atoms with E-state index in [1.807, 2.05) is 24.3 Å². The Kier molecular flexibility index (Phi) is 6.97. The van der Waals surface area contributed by atoms with Crippen LogP contribution in [0.25, 0.3) is 0 Å². The number of carbonyl (C=O) groups is 2. The average Bonchev–Trinajstić information content (AvgIpc) is 3.09. The number of methoxy groups -OCH3 is 1. The maximum absolute atomic E-state index is 12.9. The molecular weight excluding hydrogens is 407 g/mol. The molecule has 7 nitrogen and oxygen atoms in total. The Morgan fingerprint density at radius 1 is 1.13 bits per heavy atom. The Balaban J connectivity index is 1.53. The van der Waals surface area contributed by atoms with Crippen LogP contribution in [0.15, 0.2) is 48.5 Å². The van der Waals surface area contributed by atoms with E-state index in [0.717, 1.165) is 22.6 Å². The Labute approximate surface area is 177 Å². The highest BCUT2D eigenvalue weighted by atomic mass is 32.1. The maximum Gasteiger partial charge on any atom is 0.325 e. The van der Waals surface area contributed by atoms with Crippen LogP contribution < -0.4 is 20.7 Å². The number of aromatic nitrogens is 1. The van der Waals surface area contributed by atoms with Gasteiger partial charge in [-0.15, -0.1) is 0 Å². The van der Waals surface area contributed by atoms with Crippen LogP contribution in [0.2, 0.25) is 0 Å². The highest BCUT2D eigenvalue weighted by molar-refractivity contribution is 7.17. The van der Waals surface area contributed by atoms with Crippen LogP contribution in [0, 0.1) is 12.7 Å². The molecule has 0 radical (unpaired) electrons. The highest BCUT2D eigenvalue weighted by Crippen LogP contribution is 2.23. The van der Waals surface area contributed by atoms with Crippen LogP contribution in [0.1, 0.15) is 20.9 Å². The number of halogens is 1. The monoisotopic (exact) mass is 428 g/mol. The summed E-state index contributed by atoms with van der Waals surface area (Å²) in [6, 6.07) is 12.5. The van der Waals surface area contributed by atoms with Gasteiger partial charge < -0.3 is 15.4 Å². The van der Waals surface area contributed by atoms with Crippen molar-refractivity contribution in [3.8, 4) is 5.75 Å². The van der Waals surface area contributed by atoms with Crippen molar-refractivity contribution in [2.24, 2.45) is 0 Å². The molecule has 1 aromatic heterocycles. The third-order valence-corrected chi connectivity index (χ3v) is 5.23. The Bertz CT molecular complexity index is 1040. The van der Waals surface area contributed by atoms with E-state index in [0.29, 0.717) is 34.4 Å². The van der Waals surface area contributed by atoms with Gasteiger partial charge >= 0.3 is 6.03 Å². The Morgan fingerprint density at radius 2 is 1.90 bits per heavy atom. The van der Waals surface area contributed by atoms with Gasteiger partial charge in [-0.3, -0.25) is 10.1 Å². The lowest BCUT2D eigenvalue weighted by Gasteiger charge is -2.06. The number of nitrogens with zero attached hydrogens (tertiary/aromatic N) is 1. The zero-order valence-electron chi connectivity index (χ0n) is 16.5. The Hall–Kier alpha value is -3.46. The summed E-state index contributed by atoms with van der Waals surface area (Å²) < 4.78 is 18.1. The lowest BCUT2D eigenvalue weighted by atomic mass is 10.1. The first-order valence-corrected chi connectivity index (χ1v) is 9.98. The minimum Gasteiger partial charge on any atom is -0.497 e. The molecular formula is C21H21FN4O3S. The van der Waals surface area contributed by atoms with Gasteiger partial charge in [0.1, 0.15) is 16.4 Å². The van der Waals surface area contributed by atoms with Crippen LogP contribution >= 0.6 is 11.3 Å². The standard InChI is InChI=1S/C21H21FN4O3S/c1-13-18(19(27)23-11-10-14-4-3-5-17(12-14)29-2)30-21(24-13)26-20(28)25-16-8-6-15(22)7-9-16/h3-9,12H,10-11H2,1-2H3,(H,23,27)(H2,24,25,26,28). The second-order valence-electron chi connectivity index (χ2n) is 6.38. The molecule has 30 heavy (non-hydrogen) atoms. The first-order chi connectivity index (χ1) is 14.4. The van der Waals surface area contributed by atoms with E-state index < -0.39 is 11.8 Å². The van der Waals surface area contributed by atoms with Crippen LogP contribution in [0.5, 0.6) is 5.75 Å². The lowest BCUT2D eigenvalue weighted by molar-refractivity contribution is 0.0957. The summed E-state index contributed by atoms with van der Waals surface area (Å²) in [6.07, 6.45) is 0.659. The molecule has 0 unspecified atom stereocenters. The molecule has 0 bridgehead atoms. The second kappa shape index (κ2) is 9.84. The van der Waals surface area contributed by atoms with Gasteiger partial charge in [-0.1, -0.05) is 23.5 Å². The lowest BCUT2D eigenvalue weighted by Crippen LogP contribution is -2.25. The number of aryl methyl sites for hydroxylation is 1. The molecule has 0 aliphatic rings. The molecule has 0 saturated carbocycles. The third-order valence-electron chi connectivity index (χ3n) is 4.16. The highest BCUT2D eigenvalue weighted by Gasteiger charge is 2.16. The van der Waals surface area contributed by atoms with E-state index in [-0.39, 0.29) is 5.91 Å². The van der Waals surface area contributed by atoms with Gasteiger partial charge in [-0.2, -0.15) is 0 Å². The predicted molar refractivity (Wildman–Crippen MR) is 115 cm³/mol. The van der Waals surface area contributed by atoms with Crippen LogP contribution in [0.4, 0.5) is 20.0 Å². The number of urea groups is 1. The largest absolute Gasteiger partial charge is 0.497 e. The van der Waals surface area contributed by atoms with Crippen molar-refractivity contribution in [1.29, 1.82) is 0 Å². The number of ether oxygens (including phenoxy) is 1. The molecule has 3 rings (SSSR count). The molecule has 0 spiro atoms. The molecule has 0 aliphatic carbocycles. The molecule has 3 amide bonds. The number of rotatable bonds is 7. The van der Waals surface area contributed by atoms with Crippen molar-refractivity contribution in [1.82, 2.24) is 10.3 Å². The SMILES string of the molecule is COc1cccc(CCNC(=O)c2sc(NC(=O)Nc3ccc(F)cc3)nc2C)c1. The quantitative estimate of drug-likeness (QED) is 0.525. The van der Waals surface area contributed by atoms with Crippen molar-refractivity contribution >= 4 is 34.1 Å². The average molecular weight is 428 g/mol. The molecule has 9 heteroatoms. The minimum absolute atomic E-state index is 0.250. The van der Waals surface area contributed by atoms with Gasteiger partial charge in [-0.25, -0.2) is 14.2 Å². The van der Waals surface area contributed by atoms with Crippen LogP contribution in [0.3, 0.4) is 0 Å². The summed E-state index contributed by atoms with van der Waals surface area (Å²) in [5.74, 6) is 0.130. The van der Waals surface area contributed by atoms with Gasteiger partial charge in [0.25, 0.3) is 5.91 Å². The zero-order chi connectivity index (χ0) is 21.5. The number of amides is 3. The molecule has 0 fully saturated rings. The summed E-state index contributed by atoms with van der Waals surface area (Å²) in [4.78, 5) is 29.2. The fourth-order valence-electron chi connectivity index (χ4n) is 2.68. The number of carbonyl (C=O) groups excluding carboxylic acids is 2. The predicted octanol–water partition coefficient (Wildman–Crippen LogP) is 4.22. The maximum atomic E-state index is 12.9. The summed E-state index contributed by atoms with van der Waals surface area (Å²) >= 11 is 1.09. The van der Waals surface area contributed by atoms with Gasteiger partial charge in [0.15, 0.2) is 5.13 Å². The van der Waals surface area contributed by atoms with Crippen molar-refractivity contribution in [3.63, 3.8) is 0 Å². The van der Waals surface area contributed by atoms with Crippen LogP contribution in [-0.4, -0.2) is 30.6 Å². The molecule has 156 valence electrons. The fraction of sp³-hybridized carbons (Fsp3) is 0.190. The third kappa shape index (κ3) is 5.77. The first-order valence-electron chi connectivity index (χ1n) is 9.16.